The van der Waals surface area contributed by atoms with Gasteiger partial charge >= 0.3 is 6.36 Å². The van der Waals surface area contributed by atoms with Crippen LogP contribution in [-0.4, -0.2) is 32.3 Å². The van der Waals surface area contributed by atoms with Gasteiger partial charge < -0.3 is 18.9 Å². The Kier molecular flexibility index (Phi) is 7.13. The Morgan fingerprint density at radius 3 is 2.35 bits per heavy atom. The Hall–Kier alpha value is -2.66. The van der Waals surface area contributed by atoms with Gasteiger partial charge in [0.1, 0.15) is 23.9 Å². The summed E-state index contributed by atoms with van der Waals surface area (Å²) in [5, 5.41) is 0.524. The third kappa shape index (κ3) is 5.52. The molecule has 0 saturated carbocycles. The second kappa shape index (κ2) is 9.91. The predicted molar refractivity (Wildman–Crippen MR) is 113 cm³/mol. The molecule has 1 fully saturated rings. The van der Waals surface area contributed by atoms with Gasteiger partial charge in [-0.05, 0) is 38.0 Å². The lowest BCUT2D eigenvalue weighted by molar-refractivity contribution is -0.276. The molecule has 2 unspecified atom stereocenters. The van der Waals surface area contributed by atoms with Crippen LogP contribution in [0.25, 0.3) is 10.1 Å². The second-order valence-electron chi connectivity index (χ2n) is 7.68. The third-order valence-corrected chi connectivity index (χ3v) is 6.59. The molecule has 0 N–H and O–H groups in total. The van der Waals surface area contributed by atoms with Crippen molar-refractivity contribution in [2.24, 2.45) is 0 Å². The van der Waals surface area contributed by atoms with E-state index < -0.39 is 29.9 Å². The van der Waals surface area contributed by atoms with Crippen molar-refractivity contribution in [2.45, 2.75) is 38.1 Å². The monoisotopic (exact) mass is 506 g/mol. The summed E-state index contributed by atoms with van der Waals surface area (Å²) in [4.78, 5) is 0.590. The van der Waals surface area contributed by atoms with Crippen molar-refractivity contribution >= 4 is 21.4 Å². The topological polar surface area (TPSA) is 36.9 Å². The van der Waals surface area contributed by atoms with Gasteiger partial charge in [-0.15, -0.1) is 24.5 Å². The summed E-state index contributed by atoms with van der Waals surface area (Å²) in [6, 6.07) is 6.44. The van der Waals surface area contributed by atoms with Crippen molar-refractivity contribution in [2.75, 3.05) is 19.8 Å². The molecule has 1 aliphatic heterocycles. The van der Waals surface area contributed by atoms with E-state index in [-0.39, 0.29) is 30.7 Å². The number of hydrogen-bond acceptors (Lipinski definition) is 5. The highest BCUT2D eigenvalue weighted by molar-refractivity contribution is 7.19. The Labute approximate surface area is 195 Å². The molecular formula is C23H20F6O4S. The summed E-state index contributed by atoms with van der Waals surface area (Å²) in [6.45, 7) is 2.54. The Balaban J connectivity index is 1.35. The molecule has 1 saturated heterocycles. The van der Waals surface area contributed by atoms with E-state index in [4.69, 9.17) is 14.2 Å². The highest BCUT2D eigenvalue weighted by atomic mass is 32.1. The van der Waals surface area contributed by atoms with Crippen LogP contribution in [0.2, 0.25) is 0 Å². The molecule has 4 rings (SSSR count). The van der Waals surface area contributed by atoms with Crippen LogP contribution in [0.4, 0.5) is 26.3 Å². The summed E-state index contributed by atoms with van der Waals surface area (Å²) in [6.07, 6.45) is -4.54. The van der Waals surface area contributed by atoms with Gasteiger partial charge in [-0.2, -0.15) is 0 Å². The van der Waals surface area contributed by atoms with Crippen molar-refractivity contribution in [3.05, 3.63) is 52.7 Å². The maximum atomic E-state index is 14.9. The van der Waals surface area contributed by atoms with Crippen LogP contribution in [0.1, 0.15) is 30.6 Å². The van der Waals surface area contributed by atoms with Gasteiger partial charge in [0.15, 0.2) is 11.6 Å². The standard InChI is InChI=1S/C23H20F6O4S/c1-2-30-13-5-6-16-19(9-13)34-22(20(16)26)12-3-4-14(31-10-12)11-32-15-7-17(24)21(18(25)8-15)33-23(27,28)29/h5-9,12,14H,2-4,10-11H2,1H3. The minimum Gasteiger partial charge on any atom is -0.494 e. The summed E-state index contributed by atoms with van der Waals surface area (Å²) < 4.78 is 100. The first-order valence-electron chi connectivity index (χ1n) is 10.5. The minimum absolute atomic E-state index is 0.0717. The fourth-order valence-electron chi connectivity index (χ4n) is 3.75. The summed E-state index contributed by atoms with van der Waals surface area (Å²) in [5.74, 6) is -4.68. The first-order chi connectivity index (χ1) is 16.1. The van der Waals surface area contributed by atoms with Gasteiger partial charge in [0.25, 0.3) is 0 Å². The van der Waals surface area contributed by atoms with Gasteiger partial charge in [-0.25, -0.2) is 13.2 Å². The third-order valence-electron chi connectivity index (χ3n) is 5.30. The lowest BCUT2D eigenvalue weighted by atomic mass is 9.96. The van der Waals surface area contributed by atoms with Crippen LogP contribution in [0.5, 0.6) is 17.2 Å². The molecule has 34 heavy (non-hydrogen) atoms. The molecule has 0 amide bonds. The number of fused-ring (bicyclic) bond motifs is 1. The van der Waals surface area contributed by atoms with Crippen molar-refractivity contribution in [1.29, 1.82) is 0 Å². The van der Waals surface area contributed by atoms with Crippen LogP contribution in [0.15, 0.2) is 30.3 Å². The fraction of sp³-hybridized carbons (Fsp3) is 0.391. The molecule has 3 aromatic rings. The van der Waals surface area contributed by atoms with Crippen molar-refractivity contribution in [3.63, 3.8) is 0 Å². The van der Waals surface area contributed by atoms with Gasteiger partial charge in [0, 0.05) is 33.0 Å². The number of hydrogen-bond donors (Lipinski definition) is 0. The van der Waals surface area contributed by atoms with Crippen LogP contribution >= 0.6 is 11.3 Å². The molecule has 0 bridgehead atoms. The molecule has 0 spiro atoms. The van der Waals surface area contributed by atoms with Crippen molar-refractivity contribution in [1.82, 2.24) is 0 Å². The zero-order valence-corrected chi connectivity index (χ0v) is 18.7. The minimum atomic E-state index is -5.23. The van der Waals surface area contributed by atoms with E-state index in [1.807, 2.05) is 6.92 Å². The molecule has 1 aromatic heterocycles. The van der Waals surface area contributed by atoms with Crippen LogP contribution < -0.4 is 14.2 Å². The Morgan fingerprint density at radius 2 is 1.74 bits per heavy atom. The van der Waals surface area contributed by atoms with E-state index in [0.29, 0.717) is 47.6 Å². The highest BCUT2D eigenvalue weighted by Crippen LogP contribution is 2.40. The summed E-state index contributed by atoms with van der Waals surface area (Å²) >= 11 is 1.35. The van der Waals surface area contributed by atoms with E-state index in [1.54, 1.807) is 18.2 Å². The molecule has 2 aromatic carbocycles. The Morgan fingerprint density at radius 1 is 1.00 bits per heavy atom. The maximum absolute atomic E-state index is 14.9. The van der Waals surface area contributed by atoms with E-state index in [2.05, 4.69) is 4.74 Å². The first-order valence-corrected chi connectivity index (χ1v) is 11.3. The molecule has 1 aliphatic rings. The Bertz CT molecular complexity index is 1130. The zero-order valence-electron chi connectivity index (χ0n) is 17.9. The molecule has 2 atom stereocenters. The van der Waals surface area contributed by atoms with Gasteiger partial charge in [0.05, 0.1) is 19.3 Å². The summed E-state index contributed by atoms with van der Waals surface area (Å²) in [7, 11) is 0. The molecule has 11 heteroatoms. The van der Waals surface area contributed by atoms with Gasteiger partial charge in [-0.3, -0.25) is 0 Å². The largest absolute Gasteiger partial charge is 0.573 e. The van der Waals surface area contributed by atoms with Gasteiger partial charge in [0.2, 0.25) is 5.75 Å². The molecule has 184 valence electrons. The average Bonchev–Trinajstić information content (AvgIpc) is 3.10. The predicted octanol–water partition coefficient (Wildman–Crippen LogP) is 6.96. The van der Waals surface area contributed by atoms with Crippen LogP contribution in [0.3, 0.4) is 0 Å². The lowest BCUT2D eigenvalue weighted by Crippen LogP contribution is -2.29. The lowest BCUT2D eigenvalue weighted by Gasteiger charge is -2.28. The van der Waals surface area contributed by atoms with E-state index in [9.17, 15) is 26.3 Å². The normalized spacial score (nSPS) is 18.8. The number of alkyl halides is 3. The number of ether oxygens (including phenoxy) is 4. The zero-order chi connectivity index (χ0) is 24.5. The van der Waals surface area contributed by atoms with E-state index in [1.165, 1.54) is 11.3 Å². The molecule has 2 heterocycles. The average molecular weight is 506 g/mol. The number of halogens is 6. The van der Waals surface area contributed by atoms with Gasteiger partial charge in [-0.1, -0.05) is 0 Å². The molecule has 0 aliphatic carbocycles. The highest BCUT2D eigenvalue weighted by Gasteiger charge is 2.34. The summed E-state index contributed by atoms with van der Waals surface area (Å²) in [5.41, 5.74) is 0. The van der Waals surface area contributed by atoms with Crippen LogP contribution in [-0.2, 0) is 4.74 Å². The SMILES string of the molecule is CCOc1ccc2c(F)c(C3CCC(COc4cc(F)c(OC(F)(F)F)c(F)c4)OC3)sc2c1. The quantitative estimate of drug-likeness (QED) is 0.325. The second-order valence-corrected chi connectivity index (χ2v) is 8.76. The molecular weight excluding hydrogens is 486 g/mol. The van der Waals surface area contributed by atoms with E-state index >= 15 is 0 Å². The number of thiophene rings is 1. The van der Waals surface area contributed by atoms with Crippen LogP contribution in [0, 0.1) is 17.5 Å². The number of benzene rings is 2. The smallest absolute Gasteiger partial charge is 0.494 e. The molecule has 4 nitrogen and oxygen atoms in total. The number of rotatable bonds is 7. The fourth-order valence-corrected chi connectivity index (χ4v) is 4.98. The maximum Gasteiger partial charge on any atom is 0.573 e. The van der Waals surface area contributed by atoms with Crippen molar-refractivity contribution < 1.29 is 45.3 Å². The van der Waals surface area contributed by atoms with Crippen molar-refractivity contribution in [3.8, 4) is 17.2 Å². The van der Waals surface area contributed by atoms with E-state index in [0.717, 1.165) is 4.70 Å². The molecule has 0 radical (unpaired) electrons. The first kappa shape index (κ1) is 24.5.